The maximum absolute atomic E-state index is 4.64. The van der Waals surface area contributed by atoms with E-state index in [0.717, 1.165) is 26.2 Å². The average molecular weight is 407 g/mol. The van der Waals surface area contributed by atoms with Crippen LogP contribution in [0, 0.1) is 11.3 Å². The molecule has 28 heavy (non-hydrogen) atoms. The molecule has 2 aliphatic rings. The maximum Gasteiger partial charge on any atom is 0.122 e. The second-order valence-corrected chi connectivity index (χ2v) is 8.83. The van der Waals surface area contributed by atoms with E-state index in [1.54, 1.807) is 0 Å². The topological polar surface area (TPSA) is 50.9 Å². The molecule has 4 rings (SSSR count). The van der Waals surface area contributed by atoms with Gasteiger partial charge in [0.05, 0.1) is 12.7 Å². The summed E-state index contributed by atoms with van der Waals surface area (Å²) >= 11 is 0. The van der Waals surface area contributed by atoms with Crippen molar-refractivity contribution >= 4 is 12.4 Å². The predicted octanol–water partition coefficient (Wildman–Crippen LogP) is 3.32. The fourth-order valence-electron chi connectivity index (χ4n) is 4.74. The van der Waals surface area contributed by atoms with E-state index in [-0.39, 0.29) is 12.4 Å². The first-order valence-corrected chi connectivity index (χ1v) is 10.6. The molecule has 0 bridgehead atoms. The van der Waals surface area contributed by atoms with Crippen LogP contribution in [0.2, 0.25) is 0 Å². The Bertz CT molecular complexity index is 746. The van der Waals surface area contributed by atoms with Crippen molar-refractivity contribution in [2.75, 3.05) is 13.1 Å². The Hall–Kier alpha value is -1.37. The fraction of sp³-hybridized carbons (Fsp3) is 0.714. The van der Waals surface area contributed by atoms with Gasteiger partial charge in [-0.3, -0.25) is 9.58 Å². The van der Waals surface area contributed by atoms with Gasteiger partial charge in [0.25, 0.3) is 0 Å². The van der Waals surface area contributed by atoms with Crippen LogP contribution in [-0.4, -0.2) is 43.4 Å². The van der Waals surface area contributed by atoms with Crippen LogP contribution in [0.4, 0.5) is 0 Å². The lowest BCUT2D eigenvalue weighted by atomic mass is 9.93. The van der Waals surface area contributed by atoms with Gasteiger partial charge in [-0.25, -0.2) is 4.98 Å². The van der Waals surface area contributed by atoms with Gasteiger partial charge in [-0.05, 0) is 50.6 Å². The molecule has 1 N–H and O–H groups in total. The standard InChI is InChI=1S/C21H34N6.ClH/c1-4-25-10-9-23-20(25)16-26(19-11-21(19)5-7-22-8-6-21)14-18-12-24-27(15-18)13-17(2)3;/h9-10,12,15,17,19,22H,4-8,11,13-14,16H2,1-3H3;1H. The molecule has 7 heteroatoms. The van der Waals surface area contributed by atoms with Crippen molar-refractivity contribution in [3.63, 3.8) is 0 Å². The lowest BCUT2D eigenvalue weighted by Crippen LogP contribution is -2.36. The van der Waals surface area contributed by atoms with Crippen LogP contribution in [0.5, 0.6) is 0 Å². The normalized spacial score (nSPS) is 20.7. The SMILES string of the molecule is CCn1ccnc1CN(Cc1cnn(CC(C)C)c1)C1CC12CCNCC2.Cl. The van der Waals surface area contributed by atoms with Gasteiger partial charge >= 0.3 is 0 Å². The second-order valence-electron chi connectivity index (χ2n) is 8.83. The van der Waals surface area contributed by atoms with E-state index in [2.05, 4.69) is 68.9 Å². The Morgan fingerprint density at radius 3 is 2.79 bits per heavy atom. The summed E-state index contributed by atoms with van der Waals surface area (Å²) in [4.78, 5) is 7.31. The Morgan fingerprint density at radius 2 is 2.07 bits per heavy atom. The molecule has 3 heterocycles. The minimum absolute atomic E-state index is 0. The monoisotopic (exact) mass is 406 g/mol. The summed E-state index contributed by atoms with van der Waals surface area (Å²) < 4.78 is 4.37. The number of aryl methyl sites for hydroxylation is 1. The molecule has 1 aliphatic carbocycles. The minimum atomic E-state index is 0. The number of imidazole rings is 1. The lowest BCUT2D eigenvalue weighted by molar-refractivity contribution is 0.182. The third-order valence-corrected chi connectivity index (χ3v) is 6.30. The average Bonchev–Trinajstić information content (AvgIpc) is 2.99. The highest BCUT2D eigenvalue weighted by Crippen LogP contribution is 2.56. The van der Waals surface area contributed by atoms with Crippen LogP contribution in [0.15, 0.2) is 24.8 Å². The van der Waals surface area contributed by atoms with Crippen LogP contribution in [0.25, 0.3) is 0 Å². The van der Waals surface area contributed by atoms with Gasteiger partial charge < -0.3 is 9.88 Å². The summed E-state index contributed by atoms with van der Waals surface area (Å²) in [5.74, 6) is 1.80. The molecule has 1 unspecified atom stereocenters. The van der Waals surface area contributed by atoms with E-state index in [0.29, 0.717) is 17.4 Å². The molecule has 1 saturated carbocycles. The van der Waals surface area contributed by atoms with E-state index < -0.39 is 0 Å². The van der Waals surface area contributed by atoms with Gasteiger partial charge in [-0.2, -0.15) is 5.10 Å². The van der Waals surface area contributed by atoms with Gasteiger partial charge in [0.15, 0.2) is 0 Å². The van der Waals surface area contributed by atoms with Gasteiger partial charge in [-0.15, -0.1) is 12.4 Å². The zero-order valence-corrected chi connectivity index (χ0v) is 18.3. The molecule has 156 valence electrons. The Kier molecular flexibility index (Phi) is 6.84. The lowest BCUT2D eigenvalue weighted by Gasteiger charge is -2.29. The summed E-state index contributed by atoms with van der Waals surface area (Å²) in [6.07, 6.45) is 12.3. The van der Waals surface area contributed by atoms with Crippen molar-refractivity contribution in [2.45, 2.75) is 72.3 Å². The number of rotatable bonds is 8. The summed E-state index contributed by atoms with van der Waals surface area (Å²) in [7, 11) is 0. The van der Waals surface area contributed by atoms with Crippen LogP contribution < -0.4 is 5.32 Å². The first-order chi connectivity index (χ1) is 13.1. The molecular weight excluding hydrogens is 372 g/mol. The van der Waals surface area contributed by atoms with Gasteiger partial charge in [-0.1, -0.05) is 13.8 Å². The minimum Gasteiger partial charge on any atom is -0.334 e. The van der Waals surface area contributed by atoms with Crippen LogP contribution >= 0.6 is 12.4 Å². The maximum atomic E-state index is 4.64. The number of nitrogens with one attached hydrogen (secondary N) is 1. The molecule has 2 aromatic rings. The van der Waals surface area contributed by atoms with E-state index in [1.807, 2.05) is 6.20 Å². The first kappa shape index (κ1) is 21.3. The zero-order valence-electron chi connectivity index (χ0n) is 17.5. The number of aromatic nitrogens is 4. The summed E-state index contributed by atoms with van der Waals surface area (Å²) in [6.45, 7) is 12.9. The largest absolute Gasteiger partial charge is 0.334 e. The Morgan fingerprint density at radius 1 is 1.29 bits per heavy atom. The van der Waals surface area contributed by atoms with Crippen LogP contribution in [0.3, 0.4) is 0 Å². The zero-order chi connectivity index (χ0) is 18.9. The number of hydrogen-bond acceptors (Lipinski definition) is 4. The van der Waals surface area contributed by atoms with Crippen LogP contribution in [-0.2, 0) is 26.2 Å². The third-order valence-electron chi connectivity index (χ3n) is 6.30. The Labute approximate surface area is 175 Å². The number of halogens is 1. The van der Waals surface area contributed by atoms with Crippen molar-refractivity contribution in [1.82, 2.24) is 29.5 Å². The molecule has 0 radical (unpaired) electrons. The van der Waals surface area contributed by atoms with E-state index in [9.17, 15) is 0 Å². The first-order valence-electron chi connectivity index (χ1n) is 10.6. The highest BCUT2D eigenvalue weighted by Gasteiger charge is 2.56. The van der Waals surface area contributed by atoms with Gasteiger partial charge in [0, 0.05) is 49.8 Å². The molecule has 1 aliphatic heterocycles. The van der Waals surface area contributed by atoms with Crippen molar-refractivity contribution in [3.8, 4) is 0 Å². The summed E-state index contributed by atoms with van der Waals surface area (Å²) in [5.41, 5.74) is 1.85. The van der Waals surface area contributed by atoms with Gasteiger partial charge in [0.1, 0.15) is 5.82 Å². The molecule has 1 spiro atoms. The molecule has 1 saturated heterocycles. The summed E-state index contributed by atoms with van der Waals surface area (Å²) in [6, 6.07) is 0.676. The molecule has 2 aromatic heterocycles. The van der Waals surface area contributed by atoms with Gasteiger partial charge in [0.2, 0.25) is 0 Å². The third kappa shape index (κ3) is 4.61. The predicted molar refractivity (Wildman–Crippen MR) is 114 cm³/mol. The van der Waals surface area contributed by atoms with E-state index in [1.165, 1.54) is 43.7 Å². The smallest absolute Gasteiger partial charge is 0.122 e. The fourth-order valence-corrected chi connectivity index (χ4v) is 4.74. The highest BCUT2D eigenvalue weighted by molar-refractivity contribution is 5.85. The molecule has 0 aromatic carbocycles. The Balaban J connectivity index is 0.00000225. The number of nitrogens with zero attached hydrogens (tertiary/aromatic N) is 5. The summed E-state index contributed by atoms with van der Waals surface area (Å²) in [5, 5.41) is 8.11. The van der Waals surface area contributed by atoms with Crippen molar-refractivity contribution in [2.24, 2.45) is 11.3 Å². The molecule has 0 amide bonds. The highest BCUT2D eigenvalue weighted by atomic mass is 35.5. The van der Waals surface area contributed by atoms with Crippen molar-refractivity contribution in [3.05, 3.63) is 36.2 Å². The van der Waals surface area contributed by atoms with E-state index in [4.69, 9.17) is 0 Å². The second kappa shape index (κ2) is 8.97. The molecule has 6 nitrogen and oxygen atoms in total. The number of piperidine rings is 1. The van der Waals surface area contributed by atoms with Crippen molar-refractivity contribution in [1.29, 1.82) is 0 Å². The van der Waals surface area contributed by atoms with Crippen molar-refractivity contribution < 1.29 is 0 Å². The molecule has 2 fully saturated rings. The molecular formula is C21H35ClN6. The van der Waals surface area contributed by atoms with E-state index >= 15 is 0 Å². The quantitative estimate of drug-likeness (QED) is 0.730. The van der Waals surface area contributed by atoms with Crippen LogP contribution in [0.1, 0.15) is 51.4 Å². The molecule has 1 atom stereocenters. The number of hydrogen-bond donors (Lipinski definition) is 1.